The number of ether oxygens (including phenoxy) is 1. The molecule has 0 fully saturated rings. The fourth-order valence-corrected chi connectivity index (χ4v) is 2.73. The summed E-state index contributed by atoms with van der Waals surface area (Å²) in [6.45, 7) is 2.22. The molecule has 0 aliphatic heterocycles. The molecule has 128 valence electrons. The molecule has 0 aliphatic rings. The molecule has 0 aliphatic carbocycles. The van der Waals surface area contributed by atoms with Gasteiger partial charge >= 0.3 is 6.03 Å². The van der Waals surface area contributed by atoms with Gasteiger partial charge in [0.15, 0.2) is 11.6 Å². The van der Waals surface area contributed by atoms with E-state index in [1.54, 1.807) is 19.2 Å². The molecule has 2 aromatic carbocycles. The second-order valence-electron chi connectivity index (χ2n) is 5.55. The smallest absolute Gasteiger partial charge is 0.317 e. The normalized spacial score (nSPS) is 11.7. The van der Waals surface area contributed by atoms with Crippen molar-refractivity contribution in [3.63, 3.8) is 0 Å². The van der Waals surface area contributed by atoms with Gasteiger partial charge in [0.2, 0.25) is 0 Å². The minimum absolute atomic E-state index is 0.134. The lowest BCUT2D eigenvalue weighted by Gasteiger charge is -2.22. The van der Waals surface area contributed by atoms with Gasteiger partial charge in [-0.25, -0.2) is 9.18 Å². The molecular formula is C18H20BrFN2O2. The Morgan fingerprint density at radius 3 is 2.71 bits per heavy atom. The Labute approximate surface area is 149 Å². The summed E-state index contributed by atoms with van der Waals surface area (Å²) < 4.78 is 19.6. The largest absolute Gasteiger partial charge is 0.494 e. The third kappa shape index (κ3) is 4.71. The first kappa shape index (κ1) is 18.3. The van der Waals surface area contributed by atoms with Gasteiger partial charge in [-0.05, 0) is 42.3 Å². The number of rotatable bonds is 5. The summed E-state index contributed by atoms with van der Waals surface area (Å²) in [5.41, 5.74) is 1.70. The lowest BCUT2D eigenvalue weighted by molar-refractivity contribution is 0.203. The number of methoxy groups -OCH3 is 1. The van der Waals surface area contributed by atoms with Crippen LogP contribution in [0.25, 0.3) is 0 Å². The summed E-state index contributed by atoms with van der Waals surface area (Å²) in [5.74, 6) is -0.250. The molecule has 0 bridgehead atoms. The quantitative estimate of drug-likeness (QED) is 0.810. The monoisotopic (exact) mass is 394 g/mol. The summed E-state index contributed by atoms with van der Waals surface area (Å²) in [6, 6.07) is 12.1. The maximum Gasteiger partial charge on any atom is 0.317 e. The molecule has 2 amide bonds. The average Bonchev–Trinajstić information content (AvgIpc) is 2.55. The molecule has 0 radical (unpaired) electrons. The van der Waals surface area contributed by atoms with Crippen LogP contribution in [0.2, 0.25) is 0 Å². The fraction of sp³-hybridized carbons (Fsp3) is 0.278. The Hall–Kier alpha value is -2.08. The Morgan fingerprint density at radius 2 is 2.08 bits per heavy atom. The number of carbonyl (C=O) groups excluding carboxylic acids is 1. The minimum atomic E-state index is -0.439. The molecule has 0 spiro atoms. The van der Waals surface area contributed by atoms with Gasteiger partial charge in [-0.2, -0.15) is 0 Å². The van der Waals surface area contributed by atoms with Crippen molar-refractivity contribution in [2.75, 3.05) is 14.2 Å². The molecule has 2 rings (SSSR count). The number of amides is 2. The van der Waals surface area contributed by atoms with Crippen LogP contribution >= 0.6 is 15.9 Å². The van der Waals surface area contributed by atoms with E-state index in [9.17, 15) is 9.18 Å². The molecule has 0 saturated heterocycles. The molecule has 0 heterocycles. The van der Waals surface area contributed by atoms with Gasteiger partial charge in [0.1, 0.15) is 0 Å². The molecule has 0 saturated carbocycles. The third-order valence-electron chi connectivity index (χ3n) is 3.67. The Morgan fingerprint density at radius 1 is 1.33 bits per heavy atom. The van der Waals surface area contributed by atoms with Gasteiger partial charge in [-0.1, -0.05) is 34.1 Å². The van der Waals surface area contributed by atoms with E-state index in [-0.39, 0.29) is 17.8 Å². The summed E-state index contributed by atoms with van der Waals surface area (Å²) in [5, 5.41) is 2.93. The third-order valence-corrected chi connectivity index (χ3v) is 4.16. The average molecular weight is 395 g/mol. The highest BCUT2D eigenvalue weighted by atomic mass is 79.9. The molecule has 1 N–H and O–H groups in total. The van der Waals surface area contributed by atoms with Crippen LogP contribution in [0.3, 0.4) is 0 Å². The predicted molar refractivity (Wildman–Crippen MR) is 95.5 cm³/mol. The molecular weight excluding hydrogens is 375 g/mol. The molecule has 6 heteroatoms. The second kappa shape index (κ2) is 8.15. The summed E-state index contributed by atoms with van der Waals surface area (Å²) in [4.78, 5) is 13.8. The Balaban J connectivity index is 1.98. The number of halogens is 2. The van der Waals surface area contributed by atoms with Gasteiger partial charge in [0.25, 0.3) is 0 Å². The van der Waals surface area contributed by atoms with Crippen molar-refractivity contribution in [2.45, 2.75) is 19.5 Å². The van der Waals surface area contributed by atoms with E-state index in [0.717, 1.165) is 10.0 Å². The van der Waals surface area contributed by atoms with E-state index in [1.165, 1.54) is 18.1 Å². The predicted octanol–water partition coefficient (Wildman–Crippen LogP) is 4.50. The van der Waals surface area contributed by atoms with Crippen molar-refractivity contribution >= 4 is 22.0 Å². The van der Waals surface area contributed by atoms with Gasteiger partial charge in [-0.3, -0.25) is 0 Å². The summed E-state index contributed by atoms with van der Waals surface area (Å²) in [7, 11) is 3.09. The van der Waals surface area contributed by atoms with E-state index in [0.29, 0.717) is 12.1 Å². The van der Waals surface area contributed by atoms with Gasteiger partial charge < -0.3 is 15.0 Å². The fourth-order valence-electron chi connectivity index (χ4n) is 2.31. The topological polar surface area (TPSA) is 41.6 Å². The van der Waals surface area contributed by atoms with E-state index < -0.39 is 5.82 Å². The van der Waals surface area contributed by atoms with Crippen molar-refractivity contribution in [2.24, 2.45) is 0 Å². The SMILES string of the molecule is COc1ccc(CN(C)C(=O)NC(C)c2cccc(Br)c2)cc1F. The second-order valence-corrected chi connectivity index (χ2v) is 6.47. The first-order chi connectivity index (χ1) is 11.4. The van der Waals surface area contributed by atoms with Crippen LogP contribution in [0.15, 0.2) is 46.9 Å². The first-order valence-electron chi connectivity index (χ1n) is 7.50. The molecule has 1 atom stereocenters. The summed E-state index contributed by atoms with van der Waals surface area (Å²) >= 11 is 3.42. The van der Waals surface area contributed by atoms with E-state index in [1.807, 2.05) is 31.2 Å². The number of hydrogen-bond acceptors (Lipinski definition) is 2. The number of benzene rings is 2. The molecule has 24 heavy (non-hydrogen) atoms. The van der Waals surface area contributed by atoms with Crippen LogP contribution in [0.4, 0.5) is 9.18 Å². The Kier molecular flexibility index (Phi) is 6.20. The number of nitrogens with zero attached hydrogens (tertiary/aromatic N) is 1. The minimum Gasteiger partial charge on any atom is -0.494 e. The summed E-state index contributed by atoms with van der Waals surface area (Å²) in [6.07, 6.45) is 0. The lowest BCUT2D eigenvalue weighted by Crippen LogP contribution is -2.38. The van der Waals surface area contributed by atoms with E-state index in [2.05, 4.69) is 21.2 Å². The van der Waals surface area contributed by atoms with Crippen LogP contribution in [-0.4, -0.2) is 25.1 Å². The van der Waals surface area contributed by atoms with Crippen molar-refractivity contribution in [3.8, 4) is 5.75 Å². The maximum atomic E-state index is 13.7. The van der Waals surface area contributed by atoms with Crippen LogP contribution < -0.4 is 10.1 Å². The maximum absolute atomic E-state index is 13.7. The molecule has 2 aromatic rings. The number of urea groups is 1. The highest BCUT2D eigenvalue weighted by molar-refractivity contribution is 9.10. The lowest BCUT2D eigenvalue weighted by atomic mass is 10.1. The van der Waals surface area contributed by atoms with Gasteiger partial charge in [0.05, 0.1) is 13.2 Å². The zero-order valence-electron chi connectivity index (χ0n) is 13.8. The van der Waals surface area contributed by atoms with Crippen molar-refractivity contribution < 1.29 is 13.9 Å². The standard InChI is InChI=1S/C18H20BrFN2O2/c1-12(14-5-4-6-15(19)10-14)21-18(23)22(2)11-13-7-8-17(24-3)16(20)9-13/h4-10,12H,11H2,1-3H3,(H,21,23). The zero-order valence-corrected chi connectivity index (χ0v) is 15.4. The molecule has 1 unspecified atom stereocenters. The van der Waals surface area contributed by atoms with Crippen LogP contribution in [0.1, 0.15) is 24.1 Å². The van der Waals surface area contributed by atoms with Crippen molar-refractivity contribution in [1.29, 1.82) is 0 Å². The van der Waals surface area contributed by atoms with Gasteiger partial charge in [-0.15, -0.1) is 0 Å². The van der Waals surface area contributed by atoms with E-state index >= 15 is 0 Å². The van der Waals surface area contributed by atoms with Crippen LogP contribution in [0, 0.1) is 5.82 Å². The highest BCUT2D eigenvalue weighted by Crippen LogP contribution is 2.20. The van der Waals surface area contributed by atoms with E-state index in [4.69, 9.17) is 4.74 Å². The highest BCUT2D eigenvalue weighted by Gasteiger charge is 2.14. The first-order valence-corrected chi connectivity index (χ1v) is 8.29. The zero-order chi connectivity index (χ0) is 17.7. The van der Waals surface area contributed by atoms with Crippen molar-refractivity contribution in [1.82, 2.24) is 10.2 Å². The number of carbonyl (C=O) groups is 1. The molecule has 0 aromatic heterocycles. The number of hydrogen-bond donors (Lipinski definition) is 1. The molecule has 4 nitrogen and oxygen atoms in total. The van der Waals surface area contributed by atoms with Crippen LogP contribution in [-0.2, 0) is 6.54 Å². The van der Waals surface area contributed by atoms with Gasteiger partial charge in [0, 0.05) is 18.1 Å². The van der Waals surface area contributed by atoms with Crippen LogP contribution in [0.5, 0.6) is 5.75 Å². The van der Waals surface area contributed by atoms with Crippen molar-refractivity contribution in [3.05, 3.63) is 63.9 Å². The Bertz CT molecular complexity index is 724. The number of nitrogens with one attached hydrogen (secondary N) is 1.